The Kier molecular flexibility index (Phi) is 2.22. The van der Waals surface area contributed by atoms with Crippen molar-refractivity contribution in [3.8, 4) is 17.1 Å². The molecule has 3 heterocycles. The predicted octanol–water partition coefficient (Wildman–Crippen LogP) is 11.3. The van der Waals surface area contributed by atoms with Gasteiger partial charge in [0.05, 0.1) is 68.7 Å². The Morgan fingerprint density at radius 1 is 0.326 bits per heavy atom. The van der Waals surface area contributed by atoms with Crippen LogP contribution < -0.4 is 0 Å². The van der Waals surface area contributed by atoms with Crippen LogP contribution in [-0.2, 0) is 0 Å². The number of hydrogen-bond acceptors (Lipinski definition) is 0. The maximum atomic E-state index is 9.93. The topological polar surface area (TPSA) is 14.8 Å². The largest absolute Gasteiger partial charge is 0.309 e. The molecule has 0 aliphatic carbocycles. The summed E-state index contributed by atoms with van der Waals surface area (Å²) in [4.78, 5) is 0. The van der Waals surface area contributed by atoms with E-state index in [1.54, 1.807) is 0 Å². The molecular weight excluding hydrogens is 558 g/mol. The summed E-state index contributed by atoms with van der Waals surface area (Å²) in [6, 6.07) is -21.8. The van der Waals surface area contributed by atoms with Crippen molar-refractivity contribution >= 4 is 65.4 Å². The zero-order valence-corrected chi connectivity index (χ0v) is 23.3. The Balaban J connectivity index is 1.47. The van der Waals surface area contributed by atoms with Crippen LogP contribution in [0.1, 0.15) is 41.2 Å². The minimum absolute atomic E-state index is 0.0577. The minimum atomic E-state index is -1.04. The highest BCUT2D eigenvalue weighted by Crippen LogP contribution is 2.38. The van der Waals surface area contributed by atoms with Crippen molar-refractivity contribution in [2.24, 2.45) is 0 Å². The van der Waals surface area contributed by atoms with Crippen LogP contribution in [0, 0.1) is 6.92 Å². The SMILES string of the molecule is [2H]c1c([2H])c(-n2c3c([2H])c([2H])c([2H])c([2H])c3c3c([2H])c([2H])c([2H])c([2H])c32)c([2H])c(-n2c3c([2H])c([2H])c([2H])c([2H])c3c3c([2H])c(-n4c5c([2H])c([2H])c([2H])c([2H])c5c5c([2H])c(C)c([2H])c([2H])c54)c([2H])c([2H])c32)c1[2H]. The predicted molar refractivity (Wildman–Crippen MR) is 194 cm³/mol. The van der Waals surface area contributed by atoms with Crippen molar-refractivity contribution in [2.75, 3.05) is 0 Å². The molecule has 0 unspecified atom stereocenters. The van der Waals surface area contributed by atoms with E-state index in [-0.39, 0.29) is 16.3 Å². The second-order valence-corrected chi connectivity index (χ2v) is 10.3. The van der Waals surface area contributed by atoms with Gasteiger partial charge in [0.2, 0.25) is 0 Å². The number of aromatic nitrogens is 3. The molecule has 0 saturated heterocycles. The summed E-state index contributed by atoms with van der Waals surface area (Å²) in [5.74, 6) is 0. The quantitative estimate of drug-likeness (QED) is 0.188. The fourth-order valence-corrected chi connectivity index (χ4v) is 5.86. The van der Waals surface area contributed by atoms with Gasteiger partial charge in [-0.05, 0) is 79.4 Å². The lowest BCUT2D eigenvalue weighted by molar-refractivity contribution is 1.13. The van der Waals surface area contributed by atoms with Gasteiger partial charge in [0.15, 0.2) is 0 Å². The number of rotatable bonds is 3. The highest BCUT2D eigenvalue weighted by molar-refractivity contribution is 6.13. The second-order valence-electron chi connectivity index (χ2n) is 10.3. The van der Waals surface area contributed by atoms with Gasteiger partial charge in [-0.2, -0.15) is 0 Å². The van der Waals surface area contributed by atoms with Crippen molar-refractivity contribution in [3.63, 3.8) is 0 Å². The van der Waals surface area contributed by atoms with Gasteiger partial charge in [0, 0.05) is 49.4 Å². The summed E-state index contributed by atoms with van der Waals surface area (Å²) in [7, 11) is 0. The Hall–Kier alpha value is -6.06. The molecule has 0 saturated carbocycles. The molecule has 10 rings (SSSR count). The third-order valence-electron chi connectivity index (χ3n) is 7.73. The monoisotopic (exact) mass is 613 g/mol. The van der Waals surface area contributed by atoms with Crippen molar-refractivity contribution in [1.29, 1.82) is 0 Å². The lowest BCUT2D eigenvalue weighted by Gasteiger charge is -2.13. The first-order valence-electron chi connectivity index (χ1n) is 26.8. The van der Waals surface area contributed by atoms with E-state index in [1.165, 1.54) is 6.92 Å². The van der Waals surface area contributed by atoms with Crippen molar-refractivity contribution in [1.82, 2.24) is 13.7 Å². The van der Waals surface area contributed by atoms with Gasteiger partial charge in [0.25, 0.3) is 0 Å². The molecule has 7 aromatic carbocycles. The first-order chi connectivity index (χ1) is 33.6. The fourth-order valence-electron chi connectivity index (χ4n) is 5.86. The molecule has 0 radical (unpaired) electrons. The third-order valence-corrected chi connectivity index (χ3v) is 7.73. The van der Waals surface area contributed by atoms with Gasteiger partial charge in [-0.3, -0.25) is 0 Å². The number of hydrogen-bond donors (Lipinski definition) is 0. The van der Waals surface area contributed by atoms with Crippen LogP contribution in [0.4, 0.5) is 0 Å². The zero-order valence-electron chi connectivity index (χ0n) is 49.3. The Morgan fingerprint density at radius 3 is 1.20 bits per heavy atom. The van der Waals surface area contributed by atoms with E-state index in [1.807, 2.05) is 0 Å². The molecule has 0 aliphatic heterocycles. The molecule has 46 heavy (non-hydrogen) atoms. The molecule has 216 valence electrons. The van der Waals surface area contributed by atoms with Crippen LogP contribution in [0.2, 0.25) is 0 Å². The van der Waals surface area contributed by atoms with E-state index in [0.29, 0.717) is 0 Å². The van der Waals surface area contributed by atoms with E-state index in [9.17, 15) is 11.0 Å². The van der Waals surface area contributed by atoms with Crippen molar-refractivity contribution < 1.29 is 35.6 Å². The molecule has 0 fully saturated rings. The standard InChI is InChI=1S/C43H29N3/c1-28-21-23-42-36(25-28)34-15-4-8-19-40(34)46(42)31-22-24-43-37(27-31)35-16-5-9-20-41(35)45(43)30-12-10-11-29(26-30)44-38-17-6-2-13-32(38)33-14-3-7-18-39(33)44/h2-27H,1H3/i2D,3D,4D,5D,6D,7D,8D,9D,10D,11D,12D,13D,14D,15D,16D,17D,18D,19D,20D,21D,22D,23D,24D,25D,26D,27D. The lowest BCUT2D eigenvalue weighted by Crippen LogP contribution is -1.99. The van der Waals surface area contributed by atoms with E-state index in [2.05, 4.69) is 0 Å². The van der Waals surface area contributed by atoms with E-state index in [0.717, 1.165) is 13.7 Å². The summed E-state index contributed by atoms with van der Waals surface area (Å²) in [5.41, 5.74) is -5.88. The van der Waals surface area contributed by atoms with Crippen LogP contribution in [0.3, 0.4) is 0 Å². The molecule has 0 spiro atoms. The number of para-hydroxylation sites is 4. The first-order valence-corrected chi connectivity index (χ1v) is 13.8. The summed E-state index contributed by atoms with van der Waals surface area (Å²) < 4.78 is 237. The van der Waals surface area contributed by atoms with Gasteiger partial charge in [-0.1, -0.05) is 90.2 Å². The first kappa shape index (κ1) is 10.8. The molecule has 3 heteroatoms. The summed E-state index contributed by atoms with van der Waals surface area (Å²) >= 11 is 0. The molecular formula is C43H29N3. The number of nitrogens with zero attached hydrogens (tertiary/aromatic N) is 3. The Morgan fingerprint density at radius 2 is 0.696 bits per heavy atom. The van der Waals surface area contributed by atoms with Gasteiger partial charge in [-0.25, -0.2) is 0 Å². The van der Waals surface area contributed by atoms with E-state index in [4.69, 9.17) is 24.7 Å². The van der Waals surface area contributed by atoms with E-state index >= 15 is 0 Å². The molecule has 0 aliphatic rings. The van der Waals surface area contributed by atoms with Crippen molar-refractivity contribution in [3.05, 3.63) is 163 Å². The molecule has 3 aromatic heterocycles. The summed E-state index contributed by atoms with van der Waals surface area (Å²) in [5, 5.41) is -2.72. The molecule has 0 bridgehead atoms. The van der Waals surface area contributed by atoms with Crippen LogP contribution in [0.15, 0.2) is 157 Å². The van der Waals surface area contributed by atoms with Crippen LogP contribution in [-0.4, -0.2) is 13.7 Å². The molecule has 10 aromatic rings. The molecule has 0 amide bonds. The van der Waals surface area contributed by atoms with Gasteiger partial charge in [-0.15, -0.1) is 0 Å². The number of fused-ring (bicyclic) bond motifs is 9. The molecule has 3 nitrogen and oxygen atoms in total. The molecule has 0 N–H and O–H groups in total. The summed E-state index contributed by atoms with van der Waals surface area (Å²) in [6.07, 6.45) is 0. The van der Waals surface area contributed by atoms with E-state index < -0.39 is 229 Å². The number of benzene rings is 7. The van der Waals surface area contributed by atoms with Gasteiger partial charge < -0.3 is 13.7 Å². The van der Waals surface area contributed by atoms with Crippen molar-refractivity contribution in [2.45, 2.75) is 6.92 Å². The smallest absolute Gasteiger partial charge is 0.0667 e. The maximum absolute atomic E-state index is 9.93. The highest BCUT2D eigenvalue weighted by atomic mass is 15.0. The fraction of sp³-hybridized carbons (Fsp3) is 0.0233. The second kappa shape index (κ2) is 9.47. The Bertz CT molecular complexity index is 4140. The lowest BCUT2D eigenvalue weighted by atomic mass is 10.1. The molecule has 0 atom stereocenters. The maximum Gasteiger partial charge on any atom is 0.0667 e. The highest BCUT2D eigenvalue weighted by Gasteiger charge is 2.17. The van der Waals surface area contributed by atoms with Crippen LogP contribution >= 0.6 is 0 Å². The normalized spacial score (nSPS) is 19.9. The Labute approximate surface area is 302 Å². The van der Waals surface area contributed by atoms with Gasteiger partial charge in [0.1, 0.15) is 0 Å². The summed E-state index contributed by atoms with van der Waals surface area (Å²) in [6.45, 7) is 1.35. The average molecular weight is 614 g/mol. The van der Waals surface area contributed by atoms with Crippen LogP contribution in [0.25, 0.3) is 82.5 Å². The zero-order chi connectivity index (χ0) is 53.0. The van der Waals surface area contributed by atoms with Crippen LogP contribution in [0.5, 0.6) is 0 Å². The minimum Gasteiger partial charge on any atom is -0.309 e. The third kappa shape index (κ3) is 3.48. The van der Waals surface area contributed by atoms with Gasteiger partial charge >= 0.3 is 0 Å². The average Bonchev–Trinajstić information content (AvgIpc) is 4.01.